The van der Waals surface area contributed by atoms with Crippen LogP contribution < -0.4 is 20.4 Å². The van der Waals surface area contributed by atoms with E-state index >= 15 is 0 Å². The van der Waals surface area contributed by atoms with Crippen LogP contribution in [0, 0.1) is 0 Å². The van der Waals surface area contributed by atoms with E-state index in [4.69, 9.17) is 4.74 Å². The van der Waals surface area contributed by atoms with Crippen LogP contribution in [0.15, 0.2) is 24.3 Å². The highest BCUT2D eigenvalue weighted by Crippen LogP contribution is 2.19. The number of carbonyl (C=O) groups excluding carboxylic acids is 2. The fourth-order valence-corrected chi connectivity index (χ4v) is 3.06. The van der Waals surface area contributed by atoms with Crippen LogP contribution in [-0.2, 0) is 14.3 Å². The van der Waals surface area contributed by atoms with E-state index in [1.165, 1.54) is 0 Å². The molecule has 7 nitrogen and oxygen atoms in total. The molecule has 1 unspecified atom stereocenters. The lowest BCUT2D eigenvalue weighted by Gasteiger charge is -2.29. The number of hydrogen-bond acceptors (Lipinski definition) is 4. The molecule has 144 valence electrons. The van der Waals surface area contributed by atoms with E-state index in [1.807, 2.05) is 45.0 Å². The monoisotopic (exact) mass is 363 g/mol. The van der Waals surface area contributed by atoms with Crippen LogP contribution in [0.2, 0.25) is 0 Å². The average Bonchev–Trinajstić information content (AvgIpc) is 2.67. The Labute approximate surface area is 155 Å². The standard InChI is InChI=1S/C19H30N4O3/c1-4-20-18(24)14-22(5-2)15(3)19(25)21-16-6-8-17(9-7-16)23-10-12-26-13-11-23/h6-9,15H,4-5,10-14H2,1-3H3,(H,20,24)(H,21,25)/p+1/t15-/m1/s1. The molecule has 1 aromatic carbocycles. The normalized spacial score (nSPS) is 16.7. The lowest BCUT2D eigenvalue weighted by Crippen LogP contribution is -3.17. The Kier molecular flexibility index (Phi) is 7.87. The zero-order valence-corrected chi connectivity index (χ0v) is 16.0. The molecule has 1 aromatic rings. The van der Waals surface area contributed by atoms with Crippen LogP contribution in [0.3, 0.4) is 0 Å². The number of nitrogens with one attached hydrogen (secondary N) is 3. The summed E-state index contributed by atoms with van der Waals surface area (Å²) in [5.41, 5.74) is 1.91. The first-order chi connectivity index (χ1) is 12.5. The second kappa shape index (κ2) is 10.1. The average molecular weight is 363 g/mol. The lowest BCUT2D eigenvalue weighted by atomic mass is 10.2. The molecule has 2 atom stereocenters. The van der Waals surface area contributed by atoms with Gasteiger partial charge in [0.15, 0.2) is 12.6 Å². The van der Waals surface area contributed by atoms with Crippen LogP contribution >= 0.6 is 0 Å². The van der Waals surface area contributed by atoms with Crippen molar-refractivity contribution in [2.24, 2.45) is 0 Å². The molecular weight excluding hydrogens is 332 g/mol. The molecule has 1 aliphatic heterocycles. The summed E-state index contributed by atoms with van der Waals surface area (Å²) in [4.78, 5) is 27.6. The molecule has 3 N–H and O–H groups in total. The van der Waals surface area contributed by atoms with Crippen molar-refractivity contribution in [1.82, 2.24) is 5.32 Å². The molecule has 0 saturated carbocycles. The van der Waals surface area contributed by atoms with Gasteiger partial charge in [0.05, 0.1) is 19.8 Å². The maximum Gasteiger partial charge on any atom is 0.282 e. The molecule has 0 spiro atoms. The summed E-state index contributed by atoms with van der Waals surface area (Å²) in [6, 6.07) is 7.58. The second-order valence-corrected chi connectivity index (χ2v) is 6.50. The zero-order valence-electron chi connectivity index (χ0n) is 16.0. The highest BCUT2D eigenvalue weighted by molar-refractivity contribution is 5.94. The van der Waals surface area contributed by atoms with Crippen molar-refractivity contribution in [3.8, 4) is 0 Å². The largest absolute Gasteiger partial charge is 0.378 e. The molecule has 0 radical (unpaired) electrons. The number of rotatable bonds is 8. The molecule has 7 heteroatoms. The number of quaternary nitrogens is 1. The van der Waals surface area contributed by atoms with Gasteiger partial charge in [0.2, 0.25) is 0 Å². The third-order valence-electron chi connectivity index (χ3n) is 4.73. The predicted molar refractivity (Wildman–Crippen MR) is 103 cm³/mol. The number of ether oxygens (including phenoxy) is 1. The Bertz CT molecular complexity index is 585. The summed E-state index contributed by atoms with van der Waals surface area (Å²) in [5, 5.41) is 5.74. The summed E-state index contributed by atoms with van der Waals surface area (Å²) < 4.78 is 5.37. The maximum absolute atomic E-state index is 12.5. The quantitative estimate of drug-likeness (QED) is 0.603. The van der Waals surface area contributed by atoms with Gasteiger partial charge in [0, 0.05) is 31.0 Å². The molecule has 1 heterocycles. The number of likely N-dealkylation sites (N-methyl/N-ethyl adjacent to an activating group) is 2. The first kappa shape index (κ1) is 20.2. The second-order valence-electron chi connectivity index (χ2n) is 6.50. The van der Waals surface area contributed by atoms with Gasteiger partial charge in [0.1, 0.15) is 0 Å². The fraction of sp³-hybridized carbons (Fsp3) is 0.579. The minimum Gasteiger partial charge on any atom is -0.378 e. The van der Waals surface area contributed by atoms with E-state index < -0.39 is 0 Å². The first-order valence-electron chi connectivity index (χ1n) is 9.40. The van der Waals surface area contributed by atoms with Crippen molar-refractivity contribution in [3.63, 3.8) is 0 Å². The number of anilines is 2. The van der Waals surface area contributed by atoms with Crippen molar-refractivity contribution in [2.45, 2.75) is 26.8 Å². The number of benzene rings is 1. The smallest absolute Gasteiger partial charge is 0.282 e. The summed E-state index contributed by atoms with van der Waals surface area (Å²) in [7, 11) is 0. The predicted octanol–water partition coefficient (Wildman–Crippen LogP) is -0.109. The Balaban J connectivity index is 1.91. The molecule has 0 aromatic heterocycles. The van der Waals surface area contributed by atoms with E-state index in [-0.39, 0.29) is 17.9 Å². The van der Waals surface area contributed by atoms with E-state index in [9.17, 15) is 9.59 Å². The van der Waals surface area contributed by atoms with Crippen LogP contribution in [0.1, 0.15) is 20.8 Å². The van der Waals surface area contributed by atoms with Gasteiger partial charge in [0.25, 0.3) is 11.8 Å². The van der Waals surface area contributed by atoms with Crippen LogP contribution in [0.5, 0.6) is 0 Å². The minimum absolute atomic E-state index is 0.0288. The molecule has 0 bridgehead atoms. The number of hydrogen-bond donors (Lipinski definition) is 3. The molecule has 2 rings (SSSR count). The van der Waals surface area contributed by atoms with E-state index in [0.29, 0.717) is 19.6 Å². The van der Waals surface area contributed by atoms with Crippen LogP contribution in [0.4, 0.5) is 11.4 Å². The number of nitrogens with zero attached hydrogens (tertiary/aromatic N) is 1. The van der Waals surface area contributed by atoms with Gasteiger partial charge in [-0.05, 0) is 45.0 Å². The molecule has 0 aliphatic carbocycles. The number of carbonyl (C=O) groups is 2. The SMILES string of the molecule is CCNC(=O)C[NH+](CC)[C@H](C)C(=O)Nc1ccc(N2CCOCC2)cc1. The Hall–Kier alpha value is -2.12. The Morgan fingerprint density at radius 3 is 2.42 bits per heavy atom. The topological polar surface area (TPSA) is 75.1 Å². The number of amides is 2. The van der Waals surface area contributed by atoms with E-state index in [0.717, 1.165) is 42.6 Å². The zero-order chi connectivity index (χ0) is 18.9. The Morgan fingerprint density at radius 1 is 1.19 bits per heavy atom. The highest BCUT2D eigenvalue weighted by atomic mass is 16.5. The summed E-state index contributed by atoms with van der Waals surface area (Å²) in [6.07, 6.45) is 0. The third kappa shape index (κ3) is 5.71. The highest BCUT2D eigenvalue weighted by Gasteiger charge is 2.25. The van der Waals surface area contributed by atoms with Crippen molar-refractivity contribution < 1.29 is 19.2 Å². The third-order valence-corrected chi connectivity index (χ3v) is 4.73. The summed E-state index contributed by atoms with van der Waals surface area (Å²) >= 11 is 0. The Morgan fingerprint density at radius 2 is 1.85 bits per heavy atom. The van der Waals surface area contributed by atoms with Gasteiger partial charge in [-0.15, -0.1) is 0 Å². The molecule has 2 amide bonds. The molecule has 26 heavy (non-hydrogen) atoms. The first-order valence-corrected chi connectivity index (χ1v) is 9.40. The van der Waals surface area contributed by atoms with Crippen molar-refractivity contribution in [2.75, 3.05) is 56.2 Å². The van der Waals surface area contributed by atoms with Gasteiger partial charge in [-0.2, -0.15) is 0 Å². The lowest BCUT2D eigenvalue weighted by molar-refractivity contribution is -0.904. The maximum atomic E-state index is 12.5. The van der Waals surface area contributed by atoms with Crippen molar-refractivity contribution in [3.05, 3.63) is 24.3 Å². The van der Waals surface area contributed by atoms with Crippen molar-refractivity contribution >= 4 is 23.2 Å². The fourth-order valence-electron chi connectivity index (χ4n) is 3.06. The van der Waals surface area contributed by atoms with Crippen molar-refractivity contribution in [1.29, 1.82) is 0 Å². The number of morpholine rings is 1. The van der Waals surface area contributed by atoms with Gasteiger partial charge < -0.3 is 25.2 Å². The van der Waals surface area contributed by atoms with Gasteiger partial charge in [-0.1, -0.05) is 0 Å². The van der Waals surface area contributed by atoms with Gasteiger partial charge >= 0.3 is 0 Å². The summed E-state index contributed by atoms with van der Waals surface area (Å²) in [6.45, 7) is 10.6. The molecule has 1 aliphatic rings. The molecule has 1 saturated heterocycles. The van der Waals surface area contributed by atoms with Gasteiger partial charge in [-0.3, -0.25) is 9.59 Å². The molecule has 1 fully saturated rings. The van der Waals surface area contributed by atoms with Gasteiger partial charge in [-0.25, -0.2) is 0 Å². The summed E-state index contributed by atoms with van der Waals surface area (Å²) in [5.74, 6) is -0.107. The van der Waals surface area contributed by atoms with E-state index in [2.05, 4.69) is 15.5 Å². The molecular formula is C19H31N4O3+. The minimum atomic E-state index is -0.304. The van der Waals surface area contributed by atoms with Crippen LogP contribution in [0.25, 0.3) is 0 Å². The van der Waals surface area contributed by atoms with Crippen LogP contribution in [-0.4, -0.2) is 63.8 Å². The van der Waals surface area contributed by atoms with E-state index in [1.54, 1.807) is 0 Å².